The van der Waals surface area contributed by atoms with Crippen LogP contribution in [0.3, 0.4) is 0 Å². The fraction of sp³-hybridized carbons (Fsp3) is 0.450. The first-order valence-electron chi connectivity index (χ1n) is 9.15. The molecule has 146 valence electrons. The Labute approximate surface area is 164 Å². The Morgan fingerprint density at radius 3 is 2.78 bits per heavy atom. The molecule has 7 heteroatoms. The Morgan fingerprint density at radius 2 is 2.11 bits per heavy atom. The number of rotatable bonds is 9. The normalized spacial score (nSPS) is 16.1. The molecule has 0 radical (unpaired) electrons. The molecule has 0 amide bonds. The number of benzene rings is 1. The number of β-amino-alcohol motifs (C(OH)–C–C–N with tert-alkyl or cyclic N) is 1. The van der Waals surface area contributed by atoms with Crippen LogP contribution in [0.2, 0.25) is 0 Å². The van der Waals surface area contributed by atoms with E-state index in [1.54, 1.807) is 18.4 Å². The number of aliphatic hydroxyl groups is 1. The Morgan fingerprint density at radius 1 is 1.30 bits per heavy atom. The van der Waals surface area contributed by atoms with E-state index in [1.165, 1.54) is 0 Å². The average molecular weight is 390 g/mol. The van der Waals surface area contributed by atoms with Gasteiger partial charge in [0.2, 0.25) is 0 Å². The van der Waals surface area contributed by atoms with Crippen molar-refractivity contribution in [2.45, 2.75) is 12.5 Å². The zero-order valence-corrected chi connectivity index (χ0v) is 16.5. The summed E-state index contributed by atoms with van der Waals surface area (Å²) in [6.07, 6.45) is 3.93. The Balaban J connectivity index is 1.45. The number of hydrogen-bond acceptors (Lipinski definition) is 7. The van der Waals surface area contributed by atoms with Crippen molar-refractivity contribution in [2.24, 2.45) is 0 Å². The van der Waals surface area contributed by atoms with Crippen LogP contribution in [0.1, 0.15) is 5.56 Å². The van der Waals surface area contributed by atoms with Gasteiger partial charge in [0.05, 0.1) is 7.11 Å². The molecule has 0 spiro atoms. The van der Waals surface area contributed by atoms with Crippen LogP contribution in [0, 0.1) is 0 Å². The predicted molar refractivity (Wildman–Crippen MR) is 109 cm³/mol. The maximum Gasteiger partial charge on any atom is 0.185 e. The van der Waals surface area contributed by atoms with Gasteiger partial charge in [0.15, 0.2) is 16.6 Å². The van der Waals surface area contributed by atoms with Crippen LogP contribution < -0.4 is 14.4 Å². The van der Waals surface area contributed by atoms with Crippen molar-refractivity contribution in [2.75, 3.05) is 51.3 Å². The maximum absolute atomic E-state index is 10.4. The van der Waals surface area contributed by atoms with E-state index in [9.17, 15) is 5.11 Å². The van der Waals surface area contributed by atoms with Gasteiger partial charge in [-0.15, -0.1) is 17.9 Å². The van der Waals surface area contributed by atoms with Gasteiger partial charge >= 0.3 is 0 Å². The third kappa shape index (κ3) is 5.45. The first-order chi connectivity index (χ1) is 13.2. The van der Waals surface area contributed by atoms with Gasteiger partial charge in [-0.3, -0.25) is 4.90 Å². The van der Waals surface area contributed by atoms with Crippen molar-refractivity contribution in [3.8, 4) is 11.5 Å². The molecule has 1 aliphatic rings. The van der Waals surface area contributed by atoms with E-state index >= 15 is 0 Å². The molecule has 1 atom stereocenters. The number of aromatic nitrogens is 1. The Hall–Kier alpha value is -2.09. The molecule has 6 nitrogen and oxygen atoms in total. The molecule has 0 bridgehead atoms. The average Bonchev–Trinajstić information content (AvgIpc) is 3.22. The number of hydrogen-bond donors (Lipinski definition) is 1. The van der Waals surface area contributed by atoms with E-state index in [4.69, 9.17) is 9.47 Å². The highest BCUT2D eigenvalue weighted by atomic mass is 32.1. The van der Waals surface area contributed by atoms with E-state index in [2.05, 4.69) is 21.4 Å². The third-order valence-electron chi connectivity index (χ3n) is 4.57. The standard InChI is InChI=1S/C20H27N3O3S/c1-3-4-16-5-6-18(19(13-16)25-2)26-15-17(24)14-22-8-10-23(11-9-22)20-21-7-12-27-20/h3,5-7,12-13,17,24H,1,4,8-11,14-15H2,2H3. The van der Waals surface area contributed by atoms with Crippen LogP contribution in [-0.4, -0.2) is 67.5 Å². The molecule has 1 aromatic carbocycles. The number of nitrogens with zero attached hydrogens (tertiary/aromatic N) is 3. The molecular weight excluding hydrogens is 362 g/mol. The van der Waals surface area contributed by atoms with Gasteiger partial charge < -0.3 is 19.5 Å². The molecule has 3 rings (SSSR count). The highest BCUT2D eigenvalue weighted by molar-refractivity contribution is 7.13. The first kappa shape index (κ1) is 19.7. The summed E-state index contributed by atoms with van der Waals surface area (Å²) in [6, 6.07) is 5.82. The first-order valence-corrected chi connectivity index (χ1v) is 10.0. The van der Waals surface area contributed by atoms with E-state index in [0.29, 0.717) is 18.0 Å². The molecule has 27 heavy (non-hydrogen) atoms. The minimum atomic E-state index is -0.547. The van der Waals surface area contributed by atoms with Gasteiger partial charge in [-0.2, -0.15) is 0 Å². The molecule has 0 aliphatic carbocycles. The number of allylic oxidation sites excluding steroid dienone is 1. The molecular formula is C20H27N3O3S. The van der Waals surface area contributed by atoms with E-state index in [1.807, 2.05) is 35.9 Å². The fourth-order valence-corrected chi connectivity index (χ4v) is 3.85. The lowest BCUT2D eigenvalue weighted by Gasteiger charge is -2.35. The lowest BCUT2D eigenvalue weighted by atomic mass is 10.1. The molecule has 1 fully saturated rings. The van der Waals surface area contributed by atoms with Crippen LogP contribution in [0.5, 0.6) is 11.5 Å². The number of thiazole rings is 1. The quantitative estimate of drug-likeness (QED) is 0.665. The molecule has 2 aromatic rings. The monoisotopic (exact) mass is 389 g/mol. The van der Waals surface area contributed by atoms with Crippen molar-refractivity contribution < 1.29 is 14.6 Å². The number of piperazine rings is 1. The zero-order chi connectivity index (χ0) is 19.1. The summed E-state index contributed by atoms with van der Waals surface area (Å²) in [6.45, 7) is 8.28. The second kappa shape index (κ2) is 9.73. The van der Waals surface area contributed by atoms with Crippen LogP contribution in [-0.2, 0) is 6.42 Å². The molecule has 1 aliphatic heterocycles. The minimum Gasteiger partial charge on any atom is -0.493 e. The molecule has 1 saturated heterocycles. The number of methoxy groups -OCH3 is 1. The second-order valence-electron chi connectivity index (χ2n) is 6.55. The summed E-state index contributed by atoms with van der Waals surface area (Å²) in [7, 11) is 1.62. The van der Waals surface area contributed by atoms with Crippen LogP contribution in [0.15, 0.2) is 42.4 Å². The highest BCUT2D eigenvalue weighted by Gasteiger charge is 2.21. The van der Waals surface area contributed by atoms with Crippen molar-refractivity contribution in [1.82, 2.24) is 9.88 Å². The predicted octanol–water partition coefficient (Wildman–Crippen LogP) is 2.44. The van der Waals surface area contributed by atoms with Crippen molar-refractivity contribution >= 4 is 16.5 Å². The van der Waals surface area contributed by atoms with Crippen molar-refractivity contribution in [3.63, 3.8) is 0 Å². The SMILES string of the molecule is C=CCc1ccc(OCC(O)CN2CCN(c3nccs3)CC2)c(OC)c1. The van der Waals surface area contributed by atoms with E-state index in [0.717, 1.165) is 43.3 Å². The second-order valence-corrected chi connectivity index (χ2v) is 7.42. The largest absolute Gasteiger partial charge is 0.493 e. The molecule has 0 saturated carbocycles. The third-order valence-corrected chi connectivity index (χ3v) is 5.40. The summed E-state index contributed by atoms with van der Waals surface area (Å²) in [4.78, 5) is 8.92. The summed E-state index contributed by atoms with van der Waals surface area (Å²) in [5, 5.41) is 13.4. The van der Waals surface area contributed by atoms with Gasteiger partial charge in [-0.25, -0.2) is 4.98 Å². The fourth-order valence-electron chi connectivity index (χ4n) is 3.16. The maximum atomic E-state index is 10.4. The van der Waals surface area contributed by atoms with Gasteiger partial charge in [0.25, 0.3) is 0 Å². The summed E-state index contributed by atoms with van der Waals surface area (Å²) in [5.41, 5.74) is 1.12. The number of aliphatic hydroxyl groups excluding tert-OH is 1. The minimum absolute atomic E-state index is 0.240. The lowest BCUT2D eigenvalue weighted by Crippen LogP contribution is -2.49. The van der Waals surface area contributed by atoms with Gasteiger partial charge in [-0.05, 0) is 24.1 Å². The van der Waals surface area contributed by atoms with Crippen LogP contribution in [0.4, 0.5) is 5.13 Å². The lowest BCUT2D eigenvalue weighted by molar-refractivity contribution is 0.0653. The molecule has 1 unspecified atom stereocenters. The summed E-state index contributed by atoms with van der Waals surface area (Å²) >= 11 is 1.67. The van der Waals surface area contributed by atoms with Crippen molar-refractivity contribution in [1.29, 1.82) is 0 Å². The smallest absolute Gasteiger partial charge is 0.185 e. The van der Waals surface area contributed by atoms with Crippen molar-refractivity contribution in [3.05, 3.63) is 48.0 Å². The molecule has 2 heterocycles. The molecule has 1 N–H and O–H groups in total. The van der Waals surface area contributed by atoms with E-state index in [-0.39, 0.29) is 6.61 Å². The number of anilines is 1. The van der Waals surface area contributed by atoms with Gasteiger partial charge in [0.1, 0.15) is 12.7 Å². The van der Waals surface area contributed by atoms with Gasteiger partial charge in [0, 0.05) is 44.3 Å². The molecule has 1 aromatic heterocycles. The topological polar surface area (TPSA) is 58.1 Å². The van der Waals surface area contributed by atoms with E-state index < -0.39 is 6.10 Å². The number of ether oxygens (including phenoxy) is 2. The Kier molecular flexibility index (Phi) is 7.09. The van der Waals surface area contributed by atoms with Crippen LogP contribution >= 0.6 is 11.3 Å². The highest BCUT2D eigenvalue weighted by Crippen LogP contribution is 2.28. The summed E-state index contributed by atoms with van der Waals surface area (Å²) < 4.78 is 11.2. The van der Waals surface area contributed by atoms with Crippen LogP contribution in [0.25, 0.3) is 0 Å². The van der Waals surface area contributed by atoms with Gasteiger partial charge in [-0.1, -0.05) is 12.1 Å². The Bertz CT molecular complexity index is 715. The summed E-state index contributed by atoms with van der Waals surface area (Å²) in [5.74, 6) is 1.33. The zero-order valence-electron chi connectivity index (χ0n) is 15.7.